The maximum absolute atomic E-state index is 6.08. The minimum Gasteiger partial charge on any atom is -0.137 e. The highest BCUT2D eigenvalue weighted by Crippen LogP contribution is 2.52. The van der Waals surface area contributed by atoms with Crippen LogP contribution in [0.4, 0.5) is 0 Å². The molecule has 0 radical (unpaired) electrons. The van der Waals surface area contributed by atoms with Crippen LogP contribution in [0.5, 0.6) is 0 Å². The summed E-state index contributed by atoms with van der Waals surface area (Å²) in [5.74, 6) is 1.78. The van der Waals surface area contributed by atoms with Gasteiger partial charge in [-0.1, -0.05) is 46.4 Å². The molecular weight excluding hydrogens is 402 g/mol. The van der Waals surface area contributed by atoms with Gasteiger partial charge in [-0.2, -0.15) is 0 Å². The van der Waals surface area contributed by atoms with E-state index in [-0.39, 0.29) is 0 Å². The molecule has 3 fully saturated rings. The van der Waals surface area contributed by atoms with Gasteiger partial charge < -0.3 is 0 Å². The van der Waals surface area contributed by atoms with Gasteiger partial charge in [0.25, 0.3) is 0 Å². The summed E-state index contributed by atoms with van der Waals surface area (Å²) in [4.78, 5) is 0. The van der Waals surface area contributed by atoms with Crippen LogP contribution in [0.25, 0.3) is 0 Å². The molecule has 0 atom stereocenters. The molecule has 4 nitrogen and oxygen atoms in total. The molecule has 25 heavy (non-hydrogen) atoms. The summed E-state index contributed by atoms with van der Waals surface area (Å²) in [5, 5.41) is 17.2. The van der Waals surface area contributed by atoms with E-state index in [1.165, 1.54) is 49.7 Å². The van der Waals surface area contributed by atoms with Crippen LogP contribution in [0.15, 0.2) is 6.07 Å². The third kappa shape index (κ3) is 4.19. The van der Waals surface area contributed by atoms with Crippen molar-refractivity contribution >= 4 is 46.4 Å². The van der Waals surface area contributed by atoms with Crippen molar-refractivity contribution in [3.8, 4) is 0 Å². The third-order valence-corrected chi connectivity index (χ3v) is 5.73. The Morgan fingerprint density at radius 2 is 1.04 bits per heavy atom. The van der Waals surface area contributed by atoms with Crippen molar-refractivity contribution in [3.05, 3.63) is 43.4 Å². The Morgan fingerprint density at radius 1 is 0.600 bits per heavy atom. The molecular formula is C17H16Cl4N4. The van der Waals surface area contributed by atoms with Gasteiger partial charge in [-0.3, -0.25) is 0 Å². The second-order valence-corrected chi connectivity index (χ2v) is 8.31. The van der Waals surface area contributed by atoms with E-state index in [1.54, 1.807) is 6.07 Å². The predicted molar refractivity (Wildman–Crippen MR) is 100 cm³/mol. The zero-order valence-electron chi connectivity index (χ0n) is 13.4. The van der Waals surface area contributed by atoms with Gasteiger partial charge in [-0.05, 0) is 67.9 Å². The van der Waals surface area contributed by atoms with Gasteiger partial charge in [0.1, 0.15) is 0 Å². The molecule has 3 saturated carbocycles. The summed E-state index contributed by atoms with van der Waals surface area (Å²) < 4.78 is 0. The van der Waals surface area contributed by atoms with E-state index in [9.17, 15) is 0 Å². The Labute approximate surface area is 166 Å². The van der Waals surface area contributed by atoms with Crippen LogP contribution in [0.2, 0.25) is 20.6 Å². The Bertz CT molecular complexity index is 764. The summed E-state index contributed by atoms with van der Waals surface area (Å²) >= 11 is 23.6. The van der Waals surface area contributed by atoms with Crippen molar-refractivity contribution in [3.63, 3.8) is 0 Å². The van der Waals surface area contributed by atoms with Gasteiger partial charge in [-0.25, -0.2) is 0 Å². The normalized spacial score (nSPS) is 19.4. The molecule has 8 heteroatoms. The largest absolute Gasteiger partial charge is 0.155 e. The van der Waals surface area contributed by atoms with E-state index in [1.807, 2.05) is 0 Å². The Morgan fingerprint density at radius 3 is 1.48 bits per heavy atom. The molecule has 0 N–H and O–H groups in total. The zero-order valence-corrected chi connectivity index (χ0v) is 16.4. The lowest BCUT2D eigenvalue weighted by atomic mass is 10.0. The highest BCUT2D eigenvalue weighted by Gasteiger charge is 2.37. The van der Waals surface area contributed by atoms with E-state index in [2.05, 4.69) is 20.4 Å². The summed E-state index contributed by atoms with van der Waals surface area (Å²) in [7, 11) is 0. The molecule has 3 aliphatic rings. The van der Waals surface area contributed by atoms with Gasteiger partial charge in [-0.15, -0.1) is 20.4 Å². The van der Waals surface area contributed by atoms with Crippen molar-refractivity contribution in [2.24, 2.45) is 0 Å². The summed E-state index contributed by atoms with van der Waals surface area (Å²) in [6.45, 7) is 0. The number of halogens is 4. The smallest absolute Gasteiger partial charge is 0.137 e. The Kier molecular flexibility index (Phi) is 5.07. The first-order chi connectivity index (χ1) is 12.0. The minimum atomic E-state index is 0.427. The fraction of sp³-hybridized carbons (Fsp3) is 0.529. The average molecular weight is 418 g/mol. The number of rotatable bonds is 3. The van der Waals surface area contributed by atoms with Crippen molar-refractivity contribution in [1.29, 1.82) is 0 Å². The molecule has 3 aliphatic carbocycles. The van der Waals surface area contributed by atoms with Crippen molar-refractivity contribution in [2.45, 2.75) is 56.3 Å². The molecule has 0 spiro atoms. The van der Waals surface area contributed by atoms with Gasteiger partial charge in [0.2, 0.25) is 0 Å². The molecule has 2 aromatic heterocycles. The standard InChI is InChI=1S/C10H10Cl2N2.C7H6Cl2N2/c11-9-7(5-1-2-5)8(6-3-4-6)10(12)14-13-9;8-6-3-5(4-1-2-4)7(9)11-10-6/h5-6H,1-4H2;3-4H,1-2H2. The first kappa shape index (κ1) is 17.7. The summed E-state index contributed by atoms with van der Waals surface area (Å²) in [6, 6.07) is 1.80. The van der Waals surface area contributed by atoms with Gasteiger partial charge in [0, 0.05) is 11.1 Å². The van der Waals surface area contributed by atoms with E-state index in [0.717, 1.165) is 5.56 Å². The quantitative estimate of drug-likeness (QED) is 0.596. The van der Waals surface area contributed by atoms with Crippen LogP contribution in [0.1, 0.15) is 73.0 Å². The second kappa shape index (κ2) is 7.15. The molecule has 5 rings (SSSR count). The molecule has 2 heterocycles. The average Bonchev–Trinajstić information content (AvgIpc) is 3.45. The van der Waals surface area contributed by atoms with Gasteiger partial charge >= 0.3 is 0 Å². The molecule has 0 aromatic carbocycles. The summed E-state index contributed by atoms with van der Waals surface area (Å²) in [6.07, 6.45) is 7.29. The first-order valence-corrected chi connectivity index (χ1v) is 9.96. The van der Waals surface area contributed by atoms with E-state index in [0.29, 0.717) is 38.4 Å². The van der Waals surface area contributed by atoms with Crippen LogP contribution in [-0.4, -0.2) is 20.4 Å². The maximum atomic E-state index is 6.08. The fourth-order valence-electron chi connectivity index (χ4n) is 2.99. The molecule has 0 saturated heterocycles. The van der Waals surface area contributed by atoms with Crippen molar-refractivity contribution in [1.82, 2.24) is 20.4 Å². The highest BCUT2D eigenvalue weighted by atomic mass is 35.5. The maximum Gasteiger partial charge on any atom is 0.155 e. The summed E-state index contributed by atoms with van der Waals surface area (Å²) in [5.41, 5.74) is 3.43. The fourth-order valence-corrected chi connectivity index (χ4v) is 3.98. The number of hydrogen-bond donors (Lipinski definition) is 0. The molecule has 2 aromatic rings. The Hall–Kier alpha value is -0.680. The lowest BCUT2D eigenvalue weighted by Crippen LogP contribution is -1.98. The zero-order chi connectivity index (χ0) is 17.6. The lowest BCUT2D eigenvalue weighted by Gasteiger charge is -2.09. The second-order valence-electron chi connectivity index (χ2n) is 6.85. The van der Waals surface area contributed by atoms with Crippen LogP contribution in [-0.2, 0) is 0 Å². The monoisotopic (exact) mass is 416 g/mol. The molecule has 0 amide bonds. The number of hydrogen-bond acceptors (Lipinski definition) is 4. The van der Waals surface area contributed by atoms with Crippen LogP contribution in [0, 0.1) is 0 Å². The lowest BCUT2D eigenvalue weighted by molar-refractivity contribution is 0.918. The molecule has 0 unspecified atom stereocenters. The van der Waals surface area contributed by atoms with Crippen molar-refractivity contribution < 1.29 is 0 Å². The topological polar surface area (TPSA) is 51.6 Å². The third-order valence-electron chi connectivity index (χ3n) is 4.69. The predicted octanol–water partition coefficient (Wildman–Crippen LogP) is 6.20. The number of aromatic nitrogens is 4. The van der Waals surface area contributed by atoms with Crippen LogP contribution < -0.4 is 0 Å². The minimum absolute atomic E-state index is 0.427. The van der Waals surface area contributed by atoms with Gasteiger partial charge in [0.05, 0.1) is 0 Å². The SMILES string of the molecule is Clc1cc(C2CC2)c(Cl)nn1.Clc1nnc(Cl)c(C2CC2)c1C1CC1. The van der Waals surface area contributed by atoms with E-state index < -0.39 is 0 Å². The van der Waals surface area contributed by atoms with Crippen LogP contribution in [0.3, 0.4) is 0 Å². The van der Waals surface area contributed by atoms with Gasteiger partial charge in [0.15, 0.2) is 20.6 Å². The molecule has 132 valence electrons. The van der Waals surface area contributed by atoms with Crippen molar-refractivity contribution in [2.75, 3.05) is 0 Å². The molecule has 0 aliphatic heterocycles. The highest BCUT2D eigenvalue weighted by molar-refractivity contribution is 6.32. The van der Waals surface area contributed by atoms with E-state index >= 15 is 0 Å². The Balaban J connectivity index is 0.000000129. The number of nitrogens with zero attached hydrogens (tertiary/aromatic N) is 4. The van der Waals surface area contributed by atoms with E-state index in [4.69, 9.17) is 46.4 Å². The molecule has 0 bridgehead atoms. The van der Waals surface area contributed by atoms with Crippen LogP contribution >= 0.6 is 46.4 Å². The first-order valence-electron chi connectivity index (χ1n) is 8.44.